The molecular weight excluding hydrogens is 378 g/mol. The Morgan fingerprint density at radius 3 is 2.61 bits per heavy atom. The maximum Gasteiger partial charge on any atom is 0.337 e. The number of ether oxygens (including phenoxy) is 1. The van der Waals surface area contributed by atoms with E-state index in [2.05, 4.69) is 10.3 Å². The molecule has 0 aliphatic carbocycles. The van der Waals surface area contributed by atoms with Crippen LogP contribution in [0.5, 0.6) is 0 Å². The summed E-state index contributed by atoms with van der Waals surface area (Å²) >= 11 is 1.24. The Balaban J connectivity index is 2.51. The number of unbranched alkanes of at least 4 members (excludes halogenated alkanes) is 1. The fourth-order valence-electron chi connectivity index (χ4n) is 2.66. The van der Waals surface area contributed by atoms with Gasteiger partial charge < -0.3 is 10.1 Å². The second-order valence-electron chi connectivity index (χ2n) is 6.85. The summed E-state index contributed by atoms with van der Waals surface area (Å²) < 4.78 is 6.37. The van der Waals surface area contributed by atoms with Gasteiger partial charge in [-0.3, -0.25) is 14.2 Å². The molecule has 7 nitrogen and oxygen atoms in total. The predicted molar refractivity (Wildman–Crippen MR) is 111 cm³/mol. The van der Waals surface area contributed by atoms with Crippen molar-refractivity contribution in [1.82, 2.24) is 14.9 Å². The number of fused-ring (bicyclic) bond motifs is 1. The molecule has 2 aromatic rings. The third-order valence-corrected chi connectivity index (χ3v) is 5.25. The summed E-state index contributed by atoms with van der Waals surface area (Å²) in [5.74, 6) is -0.600. The molecule has 1 atom stereocenters. The first-order valence-electron chi connectivity index (χ1n) is 9.38. The average molecular weight is 406 g/mol. The summed E-state index contributed by atoms with van der Waals surface area (Å²) in [6.07, 6.45) is 1.76. The molecule has 152 valence electrons. The number of carbonyl (C=O) groups excluding carboxylic acids is 2. The minimum Gasteiger partial charge on any atom is -0.465 e. The third-order valence-electron chi connectivity index (χ3n) is 4.16. The topological polar surface area (TPSA) is 90.3 Å². The van der Waals surface area contributed by atoms with Crippen molar-refractivity contribution in [2.75, 3.05) is 7.11 Å². The van der Waals surface area contributed by atoms with Gasteiger partial charge in [0.1, 0.15) is 0 Å². The highest BCUT2D eigenvalue weighted by molar-refractivity contribution is 8.00. The smallest absolute Gasteiger partial charge is 0.337 e. The SMILES string of the molecule is CCCCn1c(S[C@H](C)C(=O)NC(C)C)nc2cc(C(=O)OC)ccc2c1=O. The Hall–Kier alpha value is -2.35. The van der Waals surface area contributed by atoms with Crippen molar-refractivity contribution in [2.24, 2.45) is 0 Å². The van der Waals surface area contributed by atoms with Crippen molar-refractivity contribution in [2.45, 2.75) is 63.5 Å². The fourth-order valence-corrected chi connectivity index (χ4v) is 3.61. The Morgan fingerprint density at radius 2 is 2.00 bits per heavy atom. The van der Waals surface area contributed by atoms with Gasteiger partial charge in [-0.25, -0.2) is 9.78 Å². The van der Waals surface area contributed by atoms with Gasteiger partial charge in [0.25, 0.3) is 5.56 Å². The highest BCUT2D eigenvalue weighted by Gasteiger charge is 2.20. The summed E-state index contributed by atoms with van der Waals surface area (Å²) in [5.41, 5.74) is 0.572. The molecule has 0 bridgehead atoms. The number of thioether (sulfide) groups is 1. The molecule has 0 aliphatic heterocycles. The lowest BCUT2D eigenvalue weighted by Gasteiger charge is -2.17. The zero-order valence-electron chi connectivity index (χ0n) is 16.9. The Labute approximate surface area is 168 Å². The van der Waals surface area contributed by atoms with Crippen LogP contribution in [-0.4, -0.2) is 39.8 Å². The largest absolute Gasteiger partial charge is 0.465 e. The van der Waals surface area contributed by atoms with E-state index in [1.165, 1.54) is 18.9 Å². The zero-order valence-corrected chi connectivity index (χ0v) is 17.8. The van der Waals surface area contributed by atoms with Crippen LogP contribution in [-0.2, 0) is 16.1 Å². The van der Waals surface area contributed by atoms with E-state index in [0.717, 1.165) is 12.8 Å². The Morgan fingerprint density at radius 1 is 1.29 bits per heavy atom. The van der Waals surface area contributed by atoms with Crippen LogP contribution in [0.25, 0.3) is 10.9 Å². The number of esters is 1. The number of rotatable bonds is 8. The van der Waals surface area contributed by atoms with E-state index in [1.54, 1.807) is 29.7 Å². The lowest BCUT2D eigenvalue weighted by molar-refractivity contribution is -0.120. The molecule has 0 saturated heterocycles. The molecule has 0 radical (unpaired) electrons. The van der Waals surface area contributed by atoms with Crippen LogP contribution in [0.1, 0.15) is 50.9 Å². The molecule has 2 rings (SSSR count). The van der Waals surface area contributed by atoms with Gasteiger partial charge in [0, 0.05) is 12.6 Å². The van der Waals surface area contributed by atoms with E-state index >= 15 is 0 Å². The van der Waals surface area contributed by atoms with Gasteiger partial charge in [-0.15, -0.1) is 0 Å². The number of aromatic nitrogens is 2. The van der Waals surface area contributed by atoms with Crippen LogP contribution in [0.15, 0.2) is 28.2 Å². The predicted octanol–water partition coefficient (Wildman–Crippen LogP) is 2.99. The molecule has 0 spiro atoms. The number of methoxy groups -OCH3 is 1. The van der Waals surface area contributed by atoms with Gasteiger partial charge in [-0.05, 0) is 45.4 Å². The van der Waals surface area contributed by atoms with E-state index in [1.807, 2.05) is 20.8 Å². The molecule has 0 unspecified atom stereocenters. The number of carbonyl (C=O) groups is 2. The van der Waals surface area contributed by atoms with E-state index in [-0.39, 0.29) is 17.5 Å². The number of hydrogen-bond acceptors (Lipinski definition) is 6. The van der Waals surface area contributed by atoms with Crippen LogP contribution in [0, 0.1) is 0 Å². The highest BCUT2D eigenvalue weighted by atomic mass is 32.2. The van der Waals surface area contributed by atoms with E-state index in [4.69, 9.17) is 4.74 Å². The number of amides is 1. The summed E-state index contributed by atoms with van der Waals surface area (Å²) in [6, 6.07) is 4.75. The number of benzene rings is 1. The molecular formula is C20H27N3O4S. The second-order valence-corrected chi connectivity index (χ2v) is 8.16. The zero-order chi connectivity index (χ0) is 20.8. The quantitative estimate of drug-likeness (QED) is 0.412. The summed E-state index contributed by atoms with van der Waals surface area (Å²) in [7, 11) is 1.30. The van der Waals surface area contributed by atoms with Gasteiger partial charge in [-0.2, -0.15) is 0 Å². The Kier molecular flexibility index (Phi) is 7.62. The van der Waals surface area contributed by atoms with Gasteiger partial charge in [0.2, 0.25) is 5.91 Å². The summed E-state index contributed by atoms with van der Waals surface area (Å²) in [6.45, 7) is 8.16. The highest BCUT2D eigenvalue weighted by Crippen LogP contribution is 2.24. The van der Waals surface area contributed by atoms with E-state index in [9.17, 15) is 14.4 Å². The maximum absolute atomic E-state index is 13.0. The van der Waals surface area contributed by atoms with Crippen LogP contribution in [0.4, 0.5) is 0 Å². The van der Waals surface area contributed by atoms with Gasteiger partial charge in [-0.1, -0.05) is 25.1 Å². The van der Waals surface area contributed by atoms with Gasteiger partial charge in [0.15, 0.2) is 5.16 Å². The molecule has 1 N–H and O–H groups in total. The first kappa shape index (κ1) is 21.9. The Bertz CT molecular complexity index is 924. The molecule has 0 saturated carbocycles. The van der Waals surface area contributed by atoms with Crippen LogP contribution >= 0.6 is 11.8 Å². The third kappa shape index (κ3) is 5.13. The molecule has 1 aromatic heterocycles. The van der Waals surface area contributed by atoms with E-state index < -0.39 is 11.2 Å². The normalized spacial score (nSPS) is 12.2. The van der Waals surface area contributed by atoms with Gasteiger partial charge >= 0.3 is 5.97 Å². The summed E-state index contributed by atoms with van der Waals surface area (Å²) in [5, 5.41) is 3.37. The van der Waals surface area contributed by atoms with Crippen LogP contribution < -0.4 is 10.9 Å². The molecule has 0 aliphatic rings. The standard InChI is InChI=1S/C20H27N3O4S/c1-6-7-10-23-18(25)15-9-8-14(19(26)27-5)11-16(15)22-20(23)28-13(4)17(24)21-12(2)3/h8-9,11-13H,6-7,10H2,1-5H3,(H,21,24)/t13-/m1/s1. The van der Waals surface area contributed by atoms with Crippen LogP contribution in [0.2, 0.25) is 0 Å². The molecule has 28 heavy (non-hydrogen) atoms. The first-order valence-corrected chi connectivity index (χ1v) is 10.3. The van der Waals surface area contributed by atoms with Crippen molar-refractivity contribution >= 4 is 34.5 Å². The number of nitrogens with one attached hydrogen (secondary N) is 1. The monoisotopic (exact) mass is 405 g/mol. The number of hydrogen-bond donors (Lipinski definition) is 1. The lowest BCUT2D eigenvalue weighted by Crippen LogP contribution is -2.36. The van der Waals surface area contributed by atoms with Crippen molar-refractivity contribution in [3.05, 3.63) is 34.1 Å². The van der Waals surface area contributed by atoms with Crippen molar-refractivity contribution in [1.29, 1.82) is 0 Å². The molecule has 1 amide bonds. The minimum atomic E-state index is -0.488. The lowest BCUT2D eigenvalue weighted by atomic mass is 10.1. The molecule has 0 fully saturated rings. The van der Waals surface area contributed by atoms with Gasteiger partial charge in [0.05, 0.1) is 28.8 Å². The average Bonchev–Trinajstić information content (AvgIpc) is 2.66. The summed E-state index contributed by atoms with van der Waals surface area (Å²) in [4.78, 5) is 41.8. The number of nitrogens with zero attached hydrogens (tertiary/aromatic N) is 2. The molecule has 1 aromatic carbocycles. The van der Waals surface area contributed by atoms with E-state index in [0.29, 0.717) is 28.2 Å². The van der Waals surface area contributed by atoms with Crippen molar-refractivity contribution in [3.63, 3.8) is 0 Å². The van der Waals surface area contributed by atoms with Crippen molar-refractivity contribution in [3.8, 4) is 0 Å². The minimum absolute atomic E-state index is 0.0324. The van der Waals surface area contributed by atoms with Crippen molar-refractivity contribution < 1.29 is 14.3 Å². The maximum atomic E-state index is 13.0. The molecule has 1 heterocycles. The van der Waals surface area contributed by atoms with Crippen LogP contribution in [0.3, 0.4) is 0 Å². The second kappa shape index (κ2) is 9.73. The fraction of sp³-hybridized carbons (Fsp3) is 0.500. The molecule has 8 heteroatoms. The first-order chi connectivity index (χ1) is 13.3.